The van der Waals surface area contributed by atoms with E-state index < -0.39 is 0 Å². The zero-order chi connectivity index (χ0) is 2.00. The van der Waals surface area contributed by atoms with E-state index in [9.17, 15) is 0 Å². The second kappa shape index (κ2) is 20.1. The first-order valence-electron chi connectivity index (χ1n) is 0.447. The molecule has 0 rings (SSSR count). The van der Waals surface area contributed by atoms with Gasteiger partial charge in [0.1, 0.15) is 0 Å². The molecule has 0 unspecified atom stereocenters. The van der Waals surface area contributed by atoms with Gasteiger partial charge in [-0.25, -0.2) is 0 Å². The van der Waals surface area contributed by atoms with E-state index in [0.29, 0.717) is 0 Å². The van der Waals surface area contributed by atoms with Crippen LogP contribution in [0.5, 0.6) is 0 Å². The molecular weight excluding hydrogens is 502 g/mol. The fourth-order valence-electron chi connectivity index (χ4n) is 0. The van der Waals surface area contributed by atoms with Crippen LogP contribution in [0.3, 0.4) is 0 Å². The molecule has 0 aliphatic heterocycles. The van der Waals surface area contributed by atoms with Gasteiger partial charge in [-0.05, 0) is 0 Å². The third-order valence-corrected chi connectivity index (χ3v) is 0. The van der Waals surface area contributed by atoms with E-state index in [0.717, 1.165) is 7.11 Å². The largest absolute Gasteiger partial charge is 0.400 e. The second-order valence-electron chi connectivity index (χ2n) is 0. The van der Waals surface area contributed by atoms with Crippen molar-refractivity contribution >= 4 is 0 Å². The number of hydrogen-bond donors (Lipinski definition) is 1. The zero-order valence-corrected chi connectivity index (χ0v) is 9.79. The van der Waals surface area contributed by atoms with Crippen molar-refractivity contribution in [3.8, 4) is 0 Å². The monoisotopic (exact) mass is 504 g/mol. The first-order chi connectivity index (χ1) is 1.00. The molecule has 0 atom stereocenters. The molecule has 0 aromatic heterocycles. The van der Waals surface area contributed by atoms with Gasteiger partial charge >= 0.3 is 0 Å². The Hall–Kier alpha value is 1.99. The summed E-state index contributed by atoms with van der Waals surface area (Å²) < 4.78 is 0. The third-order valence-electron chi connectivity index (χ3n) is 0. The SMILES string of the molecule is CO.[Np].[Np]. The van der Waals surface area contributed by atoms with Crippen molar-refractivity contribution in [2.45, 2.75) is 0 Å². The fraction of sp³-hybridized carbons (Fsp3) is 1.00. The predicted octanol–water partition coefficient (Wildman–Crippen LogP) is -0.392. The Morgan fingerprint density at radius 2 is 1.00 bits per heavy atom. The quantitative estimate of drug-likeness (QED) is 0.475. The molecule has 0 fully saturated rings. The van der Waals surface area contributed by atoms with E-state index in [4.69, 9.17) is 5.11 Å². The third kappa shape index (κ3) is 9.01. The van der Waals surface area contributed by atoms with Gasteiger partial charge in [-0.1, -0.05) is 0 Å². The maximum Gasteiger partial charge on any atom is 0.0319 e. The molecule has 24 valence electrons. The Labute approximate surface area is 71.1 Å². The predicted molar refractivity (Wildman–Crippen MR) is 8.14 cm³/mol. The van der Waals surface area contributed by atoms with E-state index in [1.165, 1.54) is 0 Å². The molecule has 0 amide bonds. The Bertz CT molecular complexity index is 6.00. The van der Waals surface area contributed by atoms with Gasteiger partial charge in [0.25, 0.3) is 0 Å². The van der Waals surface area contributed by atoms with Crippen molar-refractivity contribution in [2.75, 3.05) is 7.11 Å². The minimum Gasteiger partial charge on any atom is -0.400 e. The van der Waals surface area contributed by atoms with Gasteiger partial charge in [0.15, 0.2) is 0 Å². The van der Waals surface area contributed by atoms with Crippen LogP contribution in [0.25, 0.3) is 0 Å². The van der Waals surface area contributed by atoms with E-state index in [2.05, 4.69) is 0 Å². The van der Waals surface area contributed by atoms with Crippen LogP contribution in [0.15, 0.2) is 0 Å². The van der Waals surface area contributed by atoms with Crippen LogP contribution in [0.1, 0.15) is 0 Å². The van der Waals surface area contributed by atoms with E-state index >= 15 is 0 Å². The van der Waals surface area contributed by atoms with Crippen LogP contribution in [-0.2, 0) is 0 Å². The van der Waals surface area contributed by atoms with Gasteiger partial charge in [0, 0.05) is 67.0 Å². The number of rotatable bonds is 0. The van der Waals surface area contributed by atoms with Gasteiger partial charge in [-0.15, -0.1) is 0 Å². The molecule has 0 spiro atoms. The maximum absolute atomic E-state index is 7.00. The topological polar surface area (TPSA) is 20.2 Å². The van der Waals surface area contributed by atoms with Crippen LogP contribution in [0.4, 0.5) is 0 Å². The van der Waals surface area contributed by atoms with E-state index in [1.807, 2.05) is 0 Å². The molecule has 0 saturated carbocycles. The van der Waals surface area contributed by atoms with Gasteiger partial charge in [0.05, 0.1) is 0 Å². The summed E-state index contributed by atoms with van der Waals surface area (Å²) in [4.78, 5) is 0. The molecular formula is CH4Np2O. The van der Waals surface area contributed by atoms with E-state index in [1.54, 1.807) is 0 Å². The smallest absolute Gasteiger partial charge is 0.0319 e. The first-order valence-corrected chi connectivity index (χ1v) is 0.447. The molecule has 4 heavy (non-hydrogen) atoms. The fourth-order valence-corrected chi connectivity index (χ4v) is 0. The summed E-state index contributed by atoms with van der Waals surface area (Å²) in [6, 6.07) is 0. The van der Waals surface area contributed by atoms with Crippen molar-refractivity contribution in [1.82, 2.24) is 0 Å². The standard InChI is InChI=1S/CH4O.2Np/c1-2;;/h2H,1H3;;. The molecule has 0 saturated heterocycles. The summed E-state index contributed by atoms with van der Waals surface area (Å²) >= 11 is 0. The van der Waals surface area contributed by atoms with Crippen LogP contribution in [0, 0.1) is 59.9 Å². The number of aliphatic hydroxyl groups excluding tert-OH is 1. The van der Waals surface area contributed by atoms with Gasteiger partial charge in [0.2, 0.25) is 0 Å². The molecule has 1 N–H and O–H groups in total. The van der Waals surface area contributed by atoms with Crippen LogP contribution in [0.2, 0.25) is 0 Å². The summed E-state index contributed by atoms with van der Waals surface area (Å²) in [5, 5.41) is 7.00. The van der Waals surface area contributed by atoms with Crippen LogP contribution < -0.4 is 0 Å². The Balaban J connectivity index is -0.00000000500. The van der Waals surface area contributed by atoms with Gasteiger partial charge in [-0.2, -0.15) is 0 Å². The minimum absolute atomic E-state index is 0. The average Bonchev–Trinajstić information content (AvgIpc) is 1.00. The van der Waals surface area contributed by atoms with Crippen molar-refractivity contribution in [1.29, 1.82) is 0 Å². The molecule has 0 bridgehead atoms. The average molecular weight is 506 g/mol. The van der Waals surface area contributed by atoms with Crippen molar-refractivity contribution < 1.29 is 65.0 Å². The van der Waals surface area contributed by atoms with E-state index in [-0.39, 0.29) is 59.9 Å². The number of aliphatic hydroxyl groups is 1. The Kier molecular flexibility index (Phi) is 83.8. The van der Waals surface area contributed by atoms with Crippen molar-refractivity contribution in [3.63, 3.8) is 0 Å². The summed E-state index contributed by atoms with van der Waals surface area (Å²) in [7, 11) is 1.00. The molecule has 0 aliphatic carbocycles. The Morgan fingerprint density at radius 1 is 1.00 bits per heavy atom. The Morgan fingerprint density at radius 3 is 1.00 bits per heavy atom. The maximum atomic E-state index is 7.00. The number of hydrogen-bond acceptors (Lipinski definition) is 1. The minimum atomic E-state index is 0. The summed E-state index contributed by atoms with van der Waals surface area (Å²) in [6.07, 6.45) is 0. The summed E-state index contributed by atoms with van der Waals surface area (Å²) in [5.74, 6) is 0. The van der Waals surface area contributed by atoms with Gasteiger partial charge < -0.3 is 5.11 Å². The molecule has 0 heterocycles. The van der Waals surface area contributed by atoms with Gasteiger partial charge in [-0.3, -0.25) is 0 Å². The van der Waals surface area contributed by atoms with Crippen molar-refractivity contribution in [3.05, 3.63) is 0 Å². The normalized spacial score (nSPS) is 1.50. The molecule has 1 nitrogen and oxygen atoms in total. The van der Waals surface area contributed by atoms with Crippen LogP contribution in [-0.4, -0.2) is 12.2 Å². The molecule has 0 aliphatic rings. The molecule has 0 aromatic carbocycles. The molecule has 2 radical (unpaired) electrons. The summed E-state index contributed by atoms with van der Waals surface area (Å²) in [5.41, 5.74) is 0. The molecule has 3 heteroatoms. The molecule has 0 aromatic rings. The van der Waals surface area contributed by atoms with Crippen LogP contribution >= 0.6 is 0 Å². The second-order valence-corrected chi connectivity index (χ2v) is 0. The first kappa shape index (κ1) is 16.7. The zero-order valence-electron chi connectivity index (χ0n) is 2.34. The summed E-state index contributed by atoms with van der Waals surface area (Å²) in [6.45, 7) is 0. The van der Waals surface area contributed by atoms with Crippen molar-refractivity contribution in [2.24, 2.45) is 0 Å².